The molecule has 1 amide bonds. The molecule has 0 aromatic carbocycles. The molecule has 0 saturated carbocycles. The zero-order valence-electron chi connectivity index (χ0n) is 19.0. The molecule has 2 aromatic rings. The highest BCUT2D eigenvalue weighted by molar-refractivity contribution is 7.13. The highest BCUT2D eigenvalue weighted by Crippen LogP contribution is 2.32. The van der Waals surface area contributed by atoms with Crippen molar-refractivity contribution >= 4 is 35.5 Å². The van der Waals surface area contributed by atoms with E-state index >= 15 is 0 Å². The molecule has 2 aliphatic rings. The lowest BCUT2D eigenvalue weighted by atomic mass is 10.1. The number of piperazine rings is 1. The van der Waals surface area contributed by atoms with Crippen molar-refractivity contribution in [1.29, 1.82) is 0 Å². The Balaban J connectivity index is 0.00000289. The summed E-state index contributed by atoms with van der Waals surface area (Å²) in [5, 5.41) is 5.49. The fourth-order valence-corrected chi connectivity index (χ4v) is 5.19. The molecule has 4 rings (SSSR count). The zero-order valence-corrected chi connectivity index (χ0v) is 20.7. The number of halogens is 1. The maximum atomic E-state index is 13.1. The Kier molecular flexibility index (Phi) is 9.34. The maximum absolute atomic E-state index is 13.1. The lowest BCUT2D eigenvalue weighted by Gasteiger charge is -2.37. The third-order valence-electron chi connectivity index (χ3n) is 6.58. The minimum atomic E-state index is -0.116. The van der Waals surface area contributed by atoms with Gasteiger partial charge in [0, 0.05) is 56.0 Å². The van der Waals surface area contributed by atoms with Gasteiger partial charge in [0.15, 0.2) is 0 Å². The van der Waals surface area contributed by atoms with E-state index in [0.717, 1.165) is 64.4 Å². The van der Waals surface area contributed by atoms with Crippen LogP contribution >= 0.6 is 23.7 Å². The van der Waals surface area contributed by atoms with Gasteiger partial charge in [0.2, 0.25) is 5.91 Å². The van der Waals surface area contributed by atoms with E-state index in [1.165, 1.54) is 10.4 Å². The highest BCUT2D eigenvalue weighted by Gasteiger charge is 2.34. The predicted octanol–water partition coefficient (Wildman–Crippen LogP) is 4.06. The quantitative estimate of drug-likeness (QED) is 0.620. The molecule has 8 heteroatoms. The molecule has 176 valence electrons. The Hall–Kier alpha value is -1.67. The molecule has 1 N–H and O–H groups in total. The summed E-state index contributed by atoms with van der Waals surface area (Å²) in [6.45, 7) is 9.08. The molecule has 0 bridgehead atoms. The first kappa shape index (κ1) is 25.0. The van der Waals surface area contributed by atoms with Gasteiger partial charge in [0.05, 0.1) is 12.1 Å². The van der Waals surface area contributed by atoms with Crippen molar-refractivity contribution in [2.45, 2.75) is 45.3 Å². The summed E-state index contributed by atoms with van der Waals surface area (Å²) in [6.07, 6.45) is 5.08. The van der Waals surface area contributed by atoms with Crippen molar-refractivity contribution in [1.82, 2.24) is 15.2 Å². The third kappa shape index (κ3) is 5.81. The average Bonchev–Trinajstić information content (AvgIpc) is 3.52. The number of rotatable bonds is 8. The molecule has 0 spiro atoms. The van der Waals surface area contributed by atoms with E-state index in [1.54, 1.807) is 11.3 Å². The Bertz CT molecular complexity index is 838. The molecular weight excluding hydrogens is 444 g/mol. The molecule has 6 nitrogen and oxygen atoms in total. The predicted molar refractivity (Wildman–Crippen MR) is 134 cm³/mol. The van der Waals surface area contributed by atoms with Gasteiger partial charge in [-0.15, -0.1) is 23.7 Å². The van der Waals surface area contributed by atoms with Crippen molar-refractivity contribution in [2.75, 3.05) is 44.2 Å². The molecule has 2 aliphatic heterocycles. The van der Waals surface area contributed by atoms with E-state index in [4.69, 9.17) is 4.74 Å². The molecule has 2 fully saturated rings. The van der Waals surface area contributed by atoms with Gasteiger partial charge in [0.25, 0.3) is 0 Å². The van der Waals surface area contributed by atoms with E-state index in [1.807, 2.05) is 17.2 Å². The van der Waals surface area contributed by atoms with Crippen LogP contribution in [0.3, 0.4) is 0 Å². The summed E-state index contributed by atoms with van der Waals surface area (Å²) in [5.74, 6) is 1.85. The van der Waals surface area contributed by atoms with Gasteiger partial charge in [-0.2, -0.15) is 0 Å². The second-order valence-electron chi connectivity index (χ2n) is 8.50. The molecule has 0 unspecified atom stereocenters. The van der Waals surface area contributed by atoms with Gasteiger partial charge in [0.1, 0.15) is 5.82 Å². The van der Waals surface area contributed by atoms with Crippen LogP contribution in [0.15, 0.2) is 35.8 Å². The first-order chi connectivity index (χ1) is 15.2. The number of hydrogen-bond donors (Lipinski definition) is 1. The summed E-state index contributed by atoms with van der Waals surface area (Å²) >= 11 is 1.73. The number of anilines is 1. The number of pyridine rings is 1. The van der Waals surface area contributed by atoms with Crippen LogP contribution in [0.1, 0.15) is 33.1 Å². The number of ether oxygens (including phenoxy) is 1. The Morgan fingerprint density at radius 2 is 2.00 bits per heavy atom. The first-order valence-electron chi connectivity index (χ1n) is 11.6. The summed E-state index contributed by atoms with van der Waals surface area (Å²) in [5.41, 5.74) is 1.17. The van der Waals surface area contributed by atoms with Crippen LogP contribution in [0.2, 0.25) is 0 Å². The number of amides is 1. The van der Waals surface area contributed by atoms with Crippen LogP contribution in [-0.4, -0.2) is 67.3 Å². The standard InChI is InChI=1S/C24H34N4O2S.ClH/c1-3-18(4-2)17-30-19-15-21(26-16-19)24(29)28-12-10-27(11-13-28)23-20(7-5-9-25-23)22-8-6-14-31-22;/h5-9,14,18-19,21,26H,3-4,10-13,15-17H2,1-2H3;1H/t19-,21-;/m1./s1. The number of hydrogen-bond acceptors (Lipinski definition) is 6. The minimum Gasteiger partial charge on any atom is -0.377 e. The summed E-state index contributed by atoms with van der Waals surface area (Å²) in [6, 6.07) is 8.22. The van der Waals surface area contributed by atoms with Crippen molar-refractivity contribution in [2.24, 2.45) is 5.92 Å². The SMILES string of the molecule is CCC(CC)CO[C@H]1CN[C@@H](C(=O)N2CCN(c3ncccc3-c3cccs3)CC2)C1.Cl. The Morgan fingerprint density at radius 1 is 1.22 bits per heavy atom. The van der Waals surface area contributed by atoms with Gasteiger partial charge in [-0.1, -0.05) is 32.8 Å². The molecule has 0 radical (unpaired) electrons. The van der Waals surface area contributed by atoms with Crippen LogP contribution < -0.4 is 10.2 Å². The smallest absolute Gasteiger partial charge is 0.239 e. The normalized spacial score (nSPS) is 21.1. The first-order valence-corrected chi connectivity index (χ1v) is 12.4. The second kappa shape index (κ2) is 12.0. The maximum Gasteiger partial charge on any atom is 0.239 e. The Labute approximate surface area is 201 Å². The Morgan fingerprint density at radius 3 is 2.69 bits per heavy atom. The summed E-state index contributed by atoms with van der Waals surface area (Å²) < 4.78 is 6.09. The summed E-state index contributed by atoms with van der Waals surface area (Å²) in [7, 11) is 0. The molecule has 4 heterocycles. The molecule has 2 saturated heterocycles. The van der Waals surface area contributed by atoms with E-state index < -0.39 is 0 Å². The minimum absolute atomic E-state index is 0. The van der Waals surface area contributed by atoms with Crippen LogP contribution in [0.5, 0.6) is 0 Å². The lowest BCUT2D eigenvalue weighted by Crippen LogP contribution is -2.53. The number of carbonyl (C=O) groups is 1. The molecule has 0 aliphatic carbocycles. The van der Waals surface area contributed by atoms with Crippen molar-refractivity contribution < 1.29 is 9.53 Å². The number of nitrogens with zero attached hydrogens (tertiary/aromatic N) is 3. The van der Waals surface area contributed by atoms with Crippen molar-refractivity contribution in [3.63, 3.8) is 0 Å². The van der Waals surface area contributed by atoms with Crippen LogP contribution in [0.25, 0.3) is 10.4 Å². The number of carbonyl (C=O) groups excluding carboxylic acids is 1. The van der Waals surface area contributed by atoms with E-state index in [2.05, 4.69) is 52.6 Å². The van der Waals surface area contributed by atoms with Gasteiger partial charge >= 0.3 is 0 Å². The van der Waals surface area contributed by atoms with Gasteiger partial charge < -0.3 is 19.9 Å². The van der Waals surface area contributed by atoms with Crippen LogP contribution in [0, 0.1) is 5.92 Å². The largest absolute Gasteiger partial charge is 0.377 e. The van der Waals surface area contributed by atoms with E-state index in [0.29, 0.717) is 5.92 Å². The molecule has 2 atom stereocenters. The van der Waals surface area contributed by atoms with E-state index in [-0.39, 0.29) is 30.5 Å². The average molecular weight is 479 g/mol. The highest BCUT2D eigenvalue weighted by atomic mass is 35.5. The van der Waals surface area contributed by atoms with Crippen molar-refractivity contribution in [3.05, 3.63) is 35.8 Å². The van der Waals surface area contributed by atoms with Crippen LogP contribution in [0.4, 0.5) is 5.82 Å². The number of nitrogens with one attached hydrogen (secondary N) is 1. The lowest BCUT2D eigenvalue weighted by molar-refractivity contribution is -0.133. The number of thiophene rings is 1. The van der Waals surface area contributed by atoms with Gasteiger partial charge in [-0.05, 0) is 35.9 Å². The second-order valence-corrected chi connectivity index (χ2v) is 9.45. The van der Waals surface area contributed by atoms with Crippen molar-refractivity contribution in [3.8, 4) is 10.4 Å². The van der Waals surface area contributed by atoms with Gasteiger partial charge in [-0.25, -0.2) is 4.98 Å². The molecule has 32 heavy (non-hydrogen) atoms. The molecular formula is C24H35ClN4O2S. The monoisotopic (exact) mass is 478 g/mol. The fourth-order valence-electron chi connectivity index (χ4n) is 4.45. The van der Waals surface area contributed by atoms with Gasteiger partial charge in [-0.3, -0.25) is 4.79 Å². The van der Waals surface area contributed by atoms with Crippen LogP contribution in [-0.2, 0) is 9.53 Å². The summed E-state index contributed by atoms with van der Waals surface area (Å²) in [4.78, 5) is 23.3. The zero-order chi connectivity index (χ0) is 21.6. The van der Waals surface area contributed by atoms with E-state index in [9.17, 15) is 4.79 Å². The topological polar surface area (TPSA) is 57.7 Å². The molecule has 2 aromatic heterocycles. The third-order valence-corrected chi connectivity index (χ3v) is 7.48. The fraction of sp³-hybridized carbons (Fsp3) is 0.583. The number of aromatic nitrogens is 1.